The second-order valence-corrected chi connectivity index (χ2v) is 6.36. The number of ether oxygens (including phenoxy) is 2. The lowest BCUT2D eigenvalue weighted by Gasteiger charge is -2.15. The summed E-state index contributed by atoms with van der Waals surface area (Å²) in [6.07, 6.45) is 0. The third-order valence-corrected chi connectivity index (χ3v) is 4.46. The van der Waals surface area contributed by atoms with Crippen LogP contribution in [0.15, 0.2) is 45.6 Å². The van der Waals surface area contributed by atoms with Crippen LogP contribution in [0.5, 0.6) is 5.75 Å². The van der Waals surface area contributed by atoms with Gasteiger partial charge in [-0.05, 0) is 43.3 Å². The molecule has 1 aromatic heterocycles. The molecule has 146 valence electrons. The average molecular weight is 405 g/mol. The van der Waals surface area contributed by atoms with Crippen molar-refractivity contribution in [2.24, 2.45) is 0 Å². The van der Waals surface area contributed by atoms with Crippen molar-refractivity contribution in [3.05, 3.63) is 57.5 Å². The lowest BCUT2D eigenvalue weighted by Crippen LogP contribution is -2.29. The maximum absolute atomic E-state index is 12.7. The molecule has 1 heterocycles. The Hall–Kier alpha value is -3.26. The Morgan fingerprint density at radius 1 is 1.18 bits per heavy atom. The van der Waals surface area contributed by atoms with Crippen LogP contribution in [-0.4, -0.2) is 30.7 Å². The molecule has 0 radical (unpaired) electrons. The molecule has 1 N–H and O–H groups in total. The smallest absolute Gasteiger partial charge is 0.420 e. The van der Waals surface area contributed by atoms with Crippen molar-refractivity contribution in [2.75, 3.05) is 19.5 Å². The molecular weight excluding hydrogens is 388 g/mol. The molecule has 3 rings (SSSR count). The highest BCUT2D eigenvalue weighted by atomic mass is 35.5. The summed E-state index contributed by atoms with van der Waals surface area (Å²) >= 11 is 5.98. The predicted molar refractivity (Wildman–Crippen MR) is 103 cm³/mol. The van der Waals surface area contributed by atoms with Crippen molar-refractivity contribution < 1.29 is 23.5 Å². The fourth-order valence-corrected chi connectivity index (χ4v) is 2.95. The number of rotatable bonds is 5. The van der Waals surface area contributed by atoms with Crippen LogP contribution in [0, 0.1) is 0 Å². The summed E-state index contributed by atoms with van der Waals surface area (Å²) in [5.41, 5.74) is 1.16. The van der Waals surface area contributed by atoms with E-state index in [1.807, 2.05) is 0 Å². The number of carbonyl (C=O) groups is 2. The zero-order valence-corrected chi connectivity index (χ0v) is 16.1. The molecule has 1 unspecified atom stereocenters. The molecule has 0 fully saturated rings. The van der Waals surface area contributed by atoms with Gasteiger partial charge in [0.05, 0.1) is 31.0 Å². The SMILES string of the molecule is COC(=O)c1ccc2c(c1)oc(=O)n2C(C)C(=O)Nc1cc(Cl)ccc1OC. The third-order valence-electron chi connectivity index (χ3n) is 4.22. The lowest BCUT2D eigenvalue weighted by atomic mass is 10.2. The Morgan fingerprint density at radius 2 is 1.93 bits per heavy atom. The fraction of sp³-hybridized carbons (Fsp3) is 0.211. The maximum Gasteiger partial charge on any atom is 0.420 e. The molecular formula is C19H17ClN2O6. The number of halogens is 1. The molecule has 3 aromatic rings. The highest BCUT2D eigenvalue weighted by Crippen LogP contribution is 2.29. The number of nitrogens with zero attached hydrogens (tertiary/aromatic N) is 1. The van der Waals surface area contributed by atoms with E-state index in [1.54, 1.807) is 25.1 Å². The van der Waals surface area contributed by atoms with E-state index in [2.05, 4.69) is 10.1 Å². The molecule has 2 aromatic carbocycles. The van der Waals surface area contributed by atoms with Crippen molar-refractivity contribution in [2.45, 2.75) is 13.0 Å². The van der Waals surface area contributed by atoms with Gasteiger partial charge in [-0.2, -0.15) is 0 Å². The van der Waals surface area contributed by atoms with Gasteiger partial charge in [0, 0.05) is 5.02 Å². The molecule has 0 spiro atoms. The van der Waals surface area contributed by atoms with E-state index >= 15 is 0 Å². The molecule has 1 amide bonds. The Balaban J connectivity index is 1.95. The van der Waals surface area contributed by atoms with E-state index in [4.69, 9.17) is 20.8 Å². The zero-order chi connectivity index (χ0) is 20.4. The lowest BCUT2D eigenvalue weighted by molar-refractivity contribution is -0.118. The second-order valence-electron chi connectivity index (χ2n) is 5.92. The van der Waals surface area contributed by atoms with Gasteiger partial charge >= 0.3 is 11.7 Å². The molecule has 0 bridgehead atoms. The monoisotopic (exact) mass is 404 g/mol. The predicted octanol–water partition coefficient (Wildman–Crippen LogP) is 3.24. The first-order valence-corrected chi connectivity index (χ1v) is 8.61. The van der Waals surface area contributed by atoms with Crippen molar-refractivity contribution in [1.82, 2.24) is 4.57 Å². The summed E-state index contributed by atoms with van der Waals surface area (Å²) in [7, 11) is 2.72. The Morgan fingerprint density at radius 3 is 2.61 bits per heavy atom. The first-order chi connectivity index (χ1) is 13.3. The Kier molecular flexibility index (Phi) is 5.41. The van der Waals surface area contributed by atoms with Crippen LogP contribution in [0.3, 0.4) is 0 Å². The standard InChI is InChI=1S/C19H17ClN2O6/c1-10(17(23)21-13-9-12(20)5-7-15(13)26-2)22-14-6-4-11(18(24)27-3)8-16(14)28-19(22)25/h4-10H,1-3H3,(H,21,23). The van der Waals surface area contributed by atoms with E-state index in [0.29, 0.717) is 22.0 Å². The summed E-state index contributed by atoms with van der Waals surface area (Å²) < 4.78 is 16.3. The number of carbonyl (C=O) groups excluding carboxylic acids is 2. The number of methoxy groups -OCH3 is 2. The fourth-order valence-electron chi connectivity index (χ4n) is 2.78. The van der Waals surface area contributed by atoms with E-state index in [9.17, 15) is 14.4 Å². The van der Waals surface area contributed by atoms with Gasteiger partial charge in [-0.15, -0.1) is 0 Å². The number of hydrogen-bond acceptors (Lipinski definition) is 6. The van der Waals surface area contributed by atoms with Crippen LogP contribution in [-0.2, 0) is 9.53 Å². The molecule has 0 saturated heterocycles. The van der Waals surface area contributed by atoms with Crippen LogP contribution < -0.4 is 15.8 Å². The van der Waals surface area contributed by atoms with E-state index in [0.717, 1.165) is 0 Å². The first kappa shape index (κ1) is 19.5. The largest absolute Gasteiger partial charge is 0.495 e. The number of aromatic nitrogens is 1. The van der Waals surface area contributed by atoms with Gasteiger partial charge in [0.2, 0.25) is 5.91 Å². The summed E-state index contributed by atoms with van der Waals surface area (Å²) in [6.45, 7) is 1.55. The molecule has 0 saturated carbocycles. The molecule has 8 nitrogen and oxygen atoms in total. The minimum absolute atomic E-state index is 0.174. The highest BCUT2D eigenvalue weighted by Gasteiger charge is 2.23. The summed E-state index contributed by atoms with van der Waals surface area (Å²) in [6, 6.07) is 8.30. The van der Waals surface area contributed by atoms with Crippen LogP contribution in [0.1, 0.15) is 23.3 Å². The van der Waals surface area contributed by atoms with Crippen molar-refractivity contribution in [1.29, 1.82) is 0 Å². The van der Waals surface area contributed by atoms with Crippen LogP contribution in [0.25, 0.3) is 11.1 Å². The molecule has 1 atom stereocenters. The third kappa shape index (κ3) is 3.59. The van der Waals surface area contributed by atoms with Crippen molar-refractivity contribution in [3.8, 4) is 5.75 Å². The highest BCUT2D eigenvalue weighted by molar-refractivity contribution is 6.31. The number of hydrogen-bond donors (Lipinski definition) is 1. The van der Waals surface area contributed by atoms with Gasteiger partial charge in [0.1, 0.15) is 11.8 Å². The van der Waals surface area contributed by atoms with Gasteiger partial charge in [-0.3, -0.25) is 9.36 Å². The van der Waals surface area contributed by atoms with Gasteiger partial charge in [0.15, 0.2) is 5.58 Å². The number of amides is 1. The molecule has 9 heteroatoms. The van der Waals surface area contributed by atoms with E-state index in [-0.39, 0.29) is 11.1 Å². The Bertz CT molecular complexity index is 1120. The average Bonchev–Trinajstić information content (AvgIpc) is 3.01. The molecule has 0 aliphatic heterocycles. The maximum atomic E-state index is 12.7. The zero-order valence-electron chi connectivity index (χ0n) is 15.3. The van der Waals surface area contributed by atoms with E-state index < -0.39 is 23.7 Å². The van der Waals surface area contributed by atoms with Crippen LogP contribution in [0.2, 0.25) is 5.02 Å². The minimum atomic E-state index is -0.901. The number of benzene rings is 2. The van der Waals surface area contributed by atoms with Gasteiger partial charge in [-0.1, -0.05) is 11.6 Å². The molecule has 28 heavy (non-hydrogen) atoms. The number of esters is 1. The van der Waals surface area contributed by atoms with Gasteiger partial charge < -0.3 is 19.2 Å². The van der Waals surface area contributed by atoms with Gasteiger partial charge in [0.25, 0.3) is 0 Å². The molecule has 0 aliphatic rings. The van der Waals surface area contributed by atoms with Crippen molar-refractivity contribution >= 4 is 40.3 Å². The number of anilines is 1. The second kappa shape index (κ2) is 7.77. The summed E-state index contributed by atoms with van der Waals surface area (Å²) in [5.74, 6) is -1.33. The van der Waals surface area contributed by atoms with Crippen LogP contribution >= 0.6 is 11.6 Å². The number of nitrogens with one attached hydrogen (secondary N) is 1. The molecule has 0 aliphatic carbocycles. The van der Waals surface area contributed by atoms with E-state index in [1.165, 1.54) is 37.0 Å². The van der Waals surface area contributed by atoms with Crippen LogP contribution in [0.4, 0.5) is 5.69 Å². The summed E-state index contributed by atoms with van der Waals surface area (Å²) in [5, 5.41) is 3.12. The summed E-state index contributed by atoms with van der Waals surface area (Å²) in [4.78, 5) is 36.7. The minimum Gasteiger partial charge on any atom is -0.495 e. The number of oxazole rings is 1. The first-order valence-electron chi connectivity index (χ1n) is 8.23. The normalized spacial score (nSPS) is 11.9. The topological polar surface area (TPSA) is 99.8 Å². The van der Waals surface area contributed by atoms with Gasteiger partial charge in [-0.25, -0.2) is 9.59 Å². The van der Waals surface area contributed by atoms with Crippen molar-refractivity contribution in [3.63, 3.8) is 0 Å². The quantitative estimate of drug-likeness (QED) is 0.655. The number of fused-ring (bicyclic) bond motifs is 1. The Labute approximate surface area is 164 Å².